The number of aromatic nitrogens is 5. The van der Waals surface area contributed by atoms with Gasteiger partial charge in [-0.15, -0.1) is 21.5 Å². The topological polar surface area (TPSA) is 97.6 Å². The number of hydrogen-bond donors (Lipinski definition) is 2. The molecule has 0 saturated heterocycles. The molecule has 8 nitrogen and oxygen atoms in total. The van der Waals surface area contributed by atoms with Crippen molar-refractivity contribution in [2.24, 2.45) is 0 Å². The van der Waals surface area contributed by atoms with E-state index in [1.54, 1.807) is 4.68 Å². The number of hydrogen-bond acceptors (Lipinski definition) is 7. The number of thiazole rings is 1. The lowest BCUT2D eigenvalue weighted by Crippen LogP contribution is -2.28. The van der Waals surface area contributed by atoms with Gasteiger partial charge in [0.1, 0.15) is 5.82 Å². The van der Waals surface area contributed by atoms with Gasteiger partial charge in [0.25, 0.3) is 5.91 Å². The molecule has 2 N–H and O–H groups in total. The van der Waals surface area contributed by atoms with Gasteiger partial charge in [-0.3, -0.25) is 4.79 Å². The molecule has 0 fully saturated rings. The molecule has 0 saturated carbocycles. The van der Waals surface area contributed by atoms with Crippen LogP contribution in [0.3, 0.4) is 0 Å². The summed E-state index contributed by atoms with van der Waals surface area (Å²) in [5.74, 6) is 1.11. The molecule has 0 unspecified atom stereocenters. The summed E-state index contributed by atoms with van der Waals surface area (Å²) in [5, 5.41) is 19.0. The lowest BCUT2D eigenvalue weighted by atomic mass is 10.3. The molecule has 1 aromatic carbocycles. The number of nitrogens with one attached hydrogen (secondary N) is 2. The van der Waals surface area contributed by atoms with Crippen LogP contribution >= 0.6 is 11.3 Å². The van der Waals surface area contributed by atoms with Crippen molar-refractivity contribution in [2.45, 2.75) is 6.92 Å². The molecule has 136 valence electrons. The lowest BCUT2D eigenvalue weighted by molar-refractivity contribution is 0.0955. The number of carbonyl (C=O) groups excluding carboxylic acids is 1. The molecule has 27 heavy (non-hydrogen) atoms. The third kappa shape index (κ3) is 3.93. The van der Waals surface area contributed by atoms with Gasteiger partial charge in [0.05, 0.1) is 15.9 Å². The van der Waals surface area contributed by atoms with Gasteiger partial charge in [-0.1, -0.05) is 12.1 Å². The molecular formula is C18H17N7OS. The SMILES string of the molecule is Cc1ccn(-c2ccc(NCCNC(=O)c3nc4ccccc4s3)nn2)n1. The Labute approximate surface area is 159 Å². The molecule has 3 heterocycles. The zero-order valence-electron chi connectivity index (χ0n) is 14.6. The van der Waals surface area contributed by atoms with Gasteiger partial charge in [0.2, 0.25) is 0 Å². The maximum absolute atomic E-state index is 12.2. The van der Waals surface area contributed by atoms with E-state index < -0.39 is 0 Å². The average molecular weight is 379 g/mol. The number of anilines is 1. The Morgan fingerprint density at radius 1 is 1.11 bits per heavy atom. The summed E-state index contributed by atoms with van der Waals surface area (Å²) in [4.78, 5) is 16.5. The average Bonchev–Trinajstić information content (AvgIpc) is 3.32. The summed E-state index contributed by atoms with van der Waals surface area (Å²) in [7, 11) is 0. The fourth-order valence-electron chi connectivity index (χ4n) is 2.50. The summed E-state index contributed by atoms with van der Waals surface area (Å²) >= 11 is 1.39. The van der Waals surface area contributed by atoms with Gasteiger partial charge in [-0.25, -0.2) is 9.67 Å². The van der Waals surface area contributed by atoms with Crippen molar-refractivity contribution in [3.63, 3.8) is 0 Å². The molecule has 9 heteroatoms. The number of aryl methyl sites for hydroxylation is 1. The van der Waals surface area contributed by atoms with E-state index >= 15 is 0 Å². The first-order valence-corrected chi connectivity index (χ1v) is 9.25. The summed E-state index contributed by atoms with van der Waals surface area (Å²) in [5.41, 5.74) is 1.76. The van der Waals surface area contributed by atoms with E-state index in [9.17, 15) is 4.79 Å². The molecule has 0 aliphatic rings. The highest BCUT2D eigenvalue weighted by Gasteiger charge is 2.11. The fraction of sp³-hybridized carbons (Fsp3) is 0.167. The van der Waals surface area contributed by atoms with E-state index in [0.717, 1.165) is 15.9 Å². The van der Waals surface area contributed by atoms with Crippen LogP contribution in [0.4, 0.5) is 5.82 Å². The van der Waals surface area contributed by atoms with Crippen molar-refractivity contribution in [2.75, 3.05) is 18.4 Å². The maximum atomic E-state index is 12.2. The van der Waals surface area contributed by atoms with E-state index in [0.29, 0.717) is 29.7 Å². The number of nitrogens with zero attached hydrogens (tertiary/aromatic N) is 5. The summed E-state index contributed by atoms with van der Waals surface area (Å²) in [6.07, 6.45) is 1.84. The normalized spacial score (nSPS) is 10.9. The highest BCUT2D eigenvalue weighted by Crippen LogP contribution is 2.21. The molecule has 0 radical (unpaired) electrons. The highest BCUT2D eigenvalue weighted by atomic mass is 32.1. The first kappa shape index (κ1) is 17.1. The Balaban J connectivity index is 1.27. The van der Waals surface area contributed by atoms with Crippen LogP contribution in [0, 0.1) is 6.92 Å². The standard InChI is InChI=1S/C18H17N7OS/c1-12-8-11-25(24-12)16-7-6-15(22-23-16)19-9-10-20-17(26)18-21-13-4-2-3-5-14(13)27-18/h2-8,11H,9-10H2,1H3,(H,19,22)(H,20,26). The molecule has 0 spiro atoms. The quantitative estimate of drug-likeness (QED) is 0.499. The van der Waals surface area contributed by atoms with Crippen molar-refractivity contribution >= 4 is 33.3 Å². The van der Waals surface area contributed by atoms with Crippen molar-refractivity contribution in [3.05, 3.63) is 59.4 Å². The van der Waals surface area contributed by atoms with Crippen LogP contribution in [-0.2, 0) is 0 Å². The Kier molecular flexibility index (Phi) is 4.75. The number of para-hydroxylation sites is 1. The minimum Gasteiger partial charge on any atom is -0.367 e. The second-order valence-corrected chi connectivity index (χ2v) is 6.88. The van der Waals surface area contributed by atoms with E-state index in [4.69, 9.17) is 0 Å². The van der Waals surface area contributed by atoms with Gasteiger partial charge >= 0.3 is 0 Å². The van der Waals surface area contributed by atoms with Crippen molar-refractivity contribution in [1.29, 1.82) is 0 Å². The van der Waals surface area contributed by atoms with Crippen LogP contribution in [0.15, 0.2) is 48.7 Å². The Morgan fingerprint density at radius 2 is 2.00 bits per heavy atom. The zero-order chi connectivity index (χ0) is 18.6. The molecule has 0 bridgehead atoms. The highest BCUT2D eigenvalue weighted by molar-refractivity contribution is 7.20. The van der Waals surface area contributed by atoms with Gasteiger partial charge in [0, 0.05) is 19.3 Å². The molecular weight excluding hydrogens is 362 g/mol. The largest absolute Gasteiger partial charge is 0.367 e. The minimum absolute atomic E-state index is 0.173. The Morgan fingerprint density at radius 3 is 2.74 bits per heavy atom. The second kappa shape index (κ2) is 7.50. The molecule has 0 aliphatic carbocycles. The van der Waals surface area contributed by atoms with E-state index in [-0.39, 0.29) is 5.91 Å². The van der Waals surface area contributed by atoms with Crippen LogP contribution in [0.25, 0.3) is 16.0 Å². The molecule has 4 rings (SSSR count). The van der Waals surface area contributed by atoms with Gasteiger partial charge < -0.3 is 10.6 Å². The van der Waals surface area contributed by atoms with Crippen molar-refractivity contribution in [3.8, 4) is 5.82 Å². The molecule has 1 amide bonds. The monoisotopic (exact) mass is 379 g/mol. The first-order chi connectivity index (χ1) is 13.2. The van der Waals surface area contributed by atoms with Crippen LogP contribution in [0.1, 0.15) is 15.5 Å². The summed E-state index contributed by atoms with van der Waals surface area (Å²) < 4.78 is 2.67. The number of amides is 1. The van der Waals surface area contributed by atoms with Crippen molar-refractivity contribution < 1.29 is 4.79 Å². The lowest BCUT2D eigenvalue weighted by Gasteiger charge is -2.06. The van der Waals surface area contributed by atoms with E-state index in [1.807, 2.05) is 55.6 Å². The predicted molar refractivity (Wildman–Crippen MR) is 104 cm³/mol. The second-order valence-electron chi connectivity index (χ2n) is 5.85. The molecule has 0 aliphatic heterocycles. The third-order valence-corrected chi connectivity index (χ3v) is 4.85. The summed E-state index contributed by atoms with van der Waals surface area (Å²) in [6, 6.07) is 13.3. The minimum atomic E-state index is -0.173. The van der Waals surface area contributed by atoms with Crippen molar-refractivity contribution in [1.82, 2.24) is 30.3 Å². The predicted octanol–water partition coefficient (Wildman–Crippen LogP) is 2.42. The van der Waals surface area contributed by atoms with E-state index in [1.165, 1.54) is 11.3 Å². The van der Waals surface area contributed by atoms with Crippen LogP contribution in [0.5, 0.6) is 0 Å². The van der Waals surface area contributed by atoms with Gasteiger partial charge in [-0.05, 0) is 37.3 Å². The fourth-order valence-corrected chi connectivity index (χ4v) is 3.38. The first-order valence-electron chi connectivity index (χ1n) is 8.43. The zero-order valence-corrected chi connectivity index (χ0v) is 15.4. The van der Waals surface area contributed by atoms with Crippen LogP contribution < -0.4 is 10.6 Å². The summed E-state index contributed by atoms with van der Waals surface area (Å²) in [6.45, 7) is 2.91. The number of carbonyl (C=O) groups is 1. The molecule has 4 aromatic rings. The maximum Gasteiger partial charge on any atom is 0.280 e. The molecule has 3 aromatic heterocycles. The van der Waals surface area contributed by atoms with E-state index in [2.05, 4.69) is 30.9 Å². The Hall–Kier alpha value is -3.33. The van der Waals surface area contributed by atoms with Gasteiger partial charge in [0.15, 0.2) is 10.8 Å². The number of rotatable bonds is 6. The third-order valence-electron chi connectivity index (χ3n) is 3.81. The van der Waals surface area contributed by atoms with Crippen LogP contribution in [-0.4, -0.2) is 44.0 Å². The molecule has 0 atom stereocenters. The van der Waals surface area contributed by atoms with Crippen LogP contribution in [0.2, 0.25) is 0 Å². The van der Waals surface area contributed by atoms with Gasteiger partial charge in [-0.2, -0.15) is 5.10 Å². The Bertz CT molecular complexity index is 1040. The number of fused-ring (bicyclic) bond motifs is 1. The smallest absolute Gasteiger partial charge is 0.280 e. The number of benzene rings is 1.